The van der Waals surface area contributed by atoms with Gasteiger partial charge in [-0.05, 0) is 31.2 Å². The standard InChI is InChI=1S/C19H23NO3S.C5H10.2CH3.Fe/c1-19(20-2,13-23-18(22)15-6-4-5-7-15)12-17(21)14-8-10-16(24-3)11-9-14;1-2-4-5-3-1;;;/h8-11,15H,4-7,12-13H2,1,3H3;1-5H2;2*1H3;/q;;2*-1;+2. The Morgan fingerprint density at radius 3 is 1.97 bits per heavy atom. The largest absolute Gasteiger partial charge is 2.00 e. The number of rotatable bonds is 7. The van der Waals surface area contributed by atoms with Gasteiger partial charge in [0, 0.05) is 17.4 Å². The molecule has 0 amide bonds. The Morgan fingerprint density at radius 1 is 1.03 bits per heavy atom. The molecule has 2 aliphatic carbocycles. The molecule has 0 aliphatic heterocycles. The normalized spacial score (nSPS) is 16.5. The topological polar surface area (TPSA) is 47.7 Å². The predicted molar refractivity (Wildman–Crippen MR) is 131 cm³/mol. The molecule has 0 aromatic heterocycles. The second kappa shape index (κ2) is 17.2. The van der Waals surface area contributed by atoms with Crippen molar-refractivity contribution in [2.45, 2.75) is 81.6 Å². The van der Waals surface area contributed by atoms with Gasteiger partial charge in [-0.25, -0.2) is 6.57 Å². The van der Waals surface area contributed by atoms with Crippen molar-refractivity contribution in [3.8, 4) is 0 Å². The molecule has 4 nitrogen and oxygen atoms in total. The van der Waals surface area contributed by atoms with E-state index in [1.807, 2.05) is 18.4 Å². The molecule has 0 radical (unpaired) electrons. The van der Waals surface area contributed by atoms with Crippen LogP contribution in [0.2, 0.25) is 0 Å². The first-order valence-electron chi connectivity index (χ1n) is 10.7. The first-order chi connectivity index (χ1) is 14.0. The van der Waals surface area contributed by atoms with Gasteiger partial charge in [-0.2, -0.15) is 0 Å². The van der Waals surface area contributed by atoms with Crippen LogP contribution in [0.15, 0.2) is 29.2 Å². The van der Waals surface area contributed by atoms with Crippen LogP contribution in [0.4, 0.5) is 0 Å². The van der Waals surface area contributed by atoms with Crippen molar-refractivity contribution >= 4 is 23.5 Å². The molecule has 180 valence electrons. The van der Waals surface area contributed by atoms with Gasteiger partial charge < -0.3 is 24.4 Å². The zero-order valence-corrected chi connectivity index (χ0v) is 22.0. The number of hydrogen-bond acceptors (Lipinski definition) is 4. The molecule has 3 rings (SSSR count). The Balaban J connectivity index is 0. The third-order valence-corrected chi connectivity index (χ3v) is 6.43. The van der Waals surface area contributed by atoms with Crippen LogP contribution in [-0.4, -0.2) is 30.2 Å². The number of ketones is 1. The molecular weight excluding hydrogens is 462 g/mol. The van der Waals surface area contributed by atoms with E-state index in [4.69, 9.17) is 11.3 Å². The van der Waals surface area contributed by atoms with E-state index in [-0.39, 0.29) is 62.6 Å². The maximum absolute atomic E-state index is 12.4. The van der Waals surface area contributed by atoms with Gasteiger partial charge in [0.15, 0.2) is 12.4 Å². The summed E-state index contributed by atoms with van der Waals surface area (Å²) in [6.07, 6.45) is 13.4. The van der Waals surface area contributed by atoms with Crippen molar-refractivity contribution in [3.63, 3.8) is 0 Å². The molecule has 32 heavy (non-hydrogen) atoms. The second-order valence-electron chi connectivity index (χ2n) is 8.29. The van der Waals surface area contributed by atoms with Crippen LogP contribution in [0.5, 0.6) is 0 Å². The molecule has 0 N–H and O–H groups in total. The average molecular weight is 502 g/mol. The number of nitrogens with zero attached hydrogens (tertiary/aromatic N) is 1. The molecule has 1 unspecified atom stereocenters. The summed E-state index contributed by atoms with van der Waals surface area (Å²) in [5.74, 6) is -0.355. The fraction of sp³-hybridized carbons (Fsp3) is 0.577. The maximum Gasteiger partial charge on any atom is 2.00 e. The molecule has 0 bridgehead atoms. The number of esters is 1. The Bertz CT molecular complexity index is 699. The van der Waals surface area contributed by atoms with E-state index in [9.17, 15) is 9.59 Å². The zero-order valence-electron chi connectivity index (χ0n) is 20.1. The molecule has 0 heterocycles. The van der Waals surface area contributed by atoms with Crippen molar-refractivity contribution < 1.29 is 31.4 Å². The van der Waals surface area contributed by atoms with Crippen molar-refractivity contribution in [3.05, 3.63) is 56.1 Å². The van der Waals surface area contributed by atoms with Crippen LogP contribution in [0.1, 0.15) is 81.5 Å². The summed E-state index contributed by atoms with van der Waals surface area (Å²) in [4.78, 5) is 29.1. The molecule has 0 spiro atoms. The summed E-state index contributed by atoms with van der Waals surface area (Å²) in [5.41, 5.74) is -0.423. The first-order valence-corrected chi connectivity index (χ1v) is 11.9. The van der Waals surface area contributed by atoms with Crippen LogP contribution in [0.25, 0.3) is 4.85 Å². The number of benzene rings is 1. The number of Topliss-reactive ketones (excluding diaryl/α,β-unsaturated/α-hetero) is 1. The van der Waals surface area contributed by atoms with E-state index < -0.39 is 5.54 Å². The van der Waals surface area contributed by atoms with Gasteiger partial charge in [0.1, 0.15) is 0 Å². The maximum atomic E-state index is 12.4. The van der Waals surface area contributed by atoms with Crippen LogP contribution in [0, 0.1) is 27.3 Å². The fourth-order valence-corrected chi connectivity index (χ4v) is 4.15. The van der Waals surface area contributed by atoms with E-state index in [1.165, 1.54) is 32.1 Å². The average Bonchev–Trinajstić information content (AvgIpc) is 3.49. The minimum atomic E-state index is -1.01. The van der Waals surface area contributed by atoms with E-state index >= 15 is 0 Å². The molecule has 0 saturated heterocycles. The van der Waals surface area contributed by atoms with Crippen molar-refractivity contribution in [2.24, 2.45) is 5.92 Å². The Labute approximate surface area is 210 Å². The number of ether oxygens (including phenoxy) is 1. The number of carbonyl (C=O) groups is 2. The van der Waals surface area contributed by atoms with E-state index in [1.54, 1.807) is 30.8 Å². The molecule has 1 aromatic carbocycles. The van der Waals surface area contributed by atoms with Crippen LogP contribution >= 0.6 is 11.8 Å². The third kappa shape index (κ3) is 11.0. The first kappa shape index (κ1) is 32.9. The van der Waals surface area contributed by atoms with E-state index in [0.717, 1.165) is 30.6 Å². The molecule has 2 aliphatic rings. The zero-order chi connectivity index (χ0) is 21.1. The summed E-state index contributed by atoms with van der Waals surface area (Å²) < 4.78 is 5.35. The van der Waals surface area contributed by atoms with Crippen molar-refractivity contribution in [1.82, 2.24) is 0 Å². The Kier molecular flexibility index (Phi) is 17.7. The Hall–Kier alpha value is -1.28. The summed E-state index contributed by atoms with van der Waals surface area (Å²) in [7, 11) is 0. The van der Waals surface area contributed by atoms with Crippen LogP contribution in [-0.2, 0) is 26.6 Å². The third-order valence-electron chi connectivity index (χ3n) is 5.69. The Morgan fingerprint density at radius 2 is 1.53 bits per heavy atom. The van der Waals surface area contributed by atoms with Crippen molar-refractivity contribution in [1.29, 1.82) is 0 Å². The van der Waals surface area contributed by atoms with Gasteiger partial charge in [0.2, 0.25) is 0 Å². The number of carbonyl (C=O) groups excluding carboxylic acids is 2. The minimum absolute atomic E-state index is 0. The van der Waals surface area contributed by atoms with Crippen LogP contribution in [0.3, 0.4) is 0 Å². The minimum Gasteiger partial charge on any atom is -0.457 e. The van der Waals surface area contributed by atoms with Crippen molar-refractivity contribution in [2.75, 3.05) is 12.9 Å². The van der Waals surface area contributed by atoms with E-state index in [2.05, 4.69) is 4.85 Å². The molecule has 1 aromatic rings. The van der Waals surface area contributed by atoms with Gasteiger partial charge in [-0.15, -0.1) is 11.8 Å². The van der Waals surface area contributed by atoms with Gasteiger partial charge >= 0.3 is 23.0 Å². The monoisotopic (exact) mass is 501 g/mol. The SMILES string of the molecule is C1CCCC1.[C-]#[N+]C(C)(COC(=O)C1CCCC1)CC(=O)c1ccc(SC)cc1.[CH3-].[CH3-].[Fe+2]. The molecule has 2 saturated carbocycles. The fourth-order valence-electron chi connectivity index (χ4n) is 3.74. The molecular formula is C26H39FeNO3S. The summed E-state index contributed by atoms with van der Waals surface area (Å²) in [5, 5.41) is 0. The van der Waals surface area contributed by atoms with Gasteiger partial charge in [0.25, 0.3) is 5.54 Å². The van der Waals surface area contributed by atoms with E-state index in [0.29, 0.717) is 5.56 Å². The van der Waals surface area contributed by atoms with Gasteiger partial charge in [-0.3, -0.25) is 9.59 Å². The predicted octanol–water partition coefficient (Wildman–Crippen LogP) is 7.24. The summed E-state index contributed by atoms with van der Waals surface area (Å²) >= 11 is 1.61. The molecule has 6 heteroatoms. The molecule has 2 fully saturated rings. The quantitative estimate of drug-likeness (QED) is 0.130. The summed E-state index contributed by atoms with van der Waals surface area (Å²) in [6, 6.07) is 7.35. The molecule has 1 atom stereocenters. The number of hydrogen-bond donors (Lipinski definition) is 0. The van der Waals surface area contributed by atoms with Gasteiger partial charge in [-0.1, -0.05) is 57.1 Å². The van der Waals surface area contributed by atoms with Gasteiger partial charge in [0.05, 0.1) is 12.3 Å². The second-order valence-corrected chi connectivity index (χ2v) is 9.17. The smallest absolute Gasteiger partial charge is 0.457 e. The van der Waals surface area contributed by atoms with Crippen LogP contribution < -0.4 is 0 Å². The number of thioether (sulfide) groups is 1. The summed E-state index contributed by atoms with van der Waals surface area (Å²) in [6.45, 7) is 9.06.